The Kier molecular flexibility index (Phi) is 7.29. The molecule has 1 fully saturated rings. The first-order chi connectivity index (χ1) is 11.0. The summed E-state index contributed by atoms with van der Waals surface area (Å²) in [5, 5.41) is 13.3. The minimum absolute atomic E-state index is 0.0928. The van der Waals surface area contributed by atoms with Crippen LogP contribution < -0.4 is 10.2 Å². The van der Waals surface area contributed by atoms with Gasteiger partial charge in [0, 0.05) is 26.1 Å². The van der Waals surface area contributed by atoms with Crippen molar-refractivity contribution in [2.24, 2.45) is 5.92 Å². The highest BCUT2D eigenvalue weighted by atomic mass is 31.2. The molecule has 0 spiro atoms. The van der Waals surface area contributed by atoms with Gasteiger partial charge in [-0.2, -0.15) is 0 Å². The van der Waals surface area contributed by atoms with Gasteiger partial charge in [0.15, 0.2) is 0 Å². The van der Waals surface area contributed by atoms with Gasteiger partial charge in [0.1, 0.15) is 0 Å². The van der Waals surface area contributed by atoms with Crippen molar-refractivity contribution < 1.29 is 14.6 Å². The van der Waals surface area contributed by atoms with E-state index < -0.39 is 13.5 Å². The van der Waals surface area contributed by atoms with E-state index in [0.29, 0.717) is 12.5 Å². The first-order valence-electron chi connectivity index (χ1n) is 8.72. The fourth-order valence-corrected chi connectivity index (χ4v) is 5.47. The van der Waals surface area contributed by atoms with Crippen LogP contribution in [0, 0.1) is 5.92 Å². The fraction of sp³-hybridized carbons (Fsp3) is 0.667. The molecule has 1 aromatic carbocycles. The molecule has 2 N–H and O–H groups in total. The number of rotatable bonds is 8. The van der Waals surface area contributed by atoms with Crippen LogP contribution in [0.2, 0.25) is 0 Å². The average Bonchev–Trinajstić information content (AvgIpc) is 2.53. The van der Waals surface area contributed by atoms with E-state index in [-0.39, 0.29) is 18.4 Å². The summed E-state index contributed by atoms with van der Waals surface area (Å²) in [6.45, 7) is 2.31. The second-order valence-electron chi connectivity index (χ2n) is 6.88. The molecule has 0 saturated heterocycles. The Morgan fingerprint density at radius 3 is 2.57 bits per heavy atom. The molecule has 0 heterocycles. The lowest BCUT2D eigenvalue weighted by Crippen LogP contribution is -2.33. The highest BCUT2D eigenvalue weighted by Crippen LogP contribution is 2.42. The van der Waals surface area contributed by atoms with Crippen molar-refractivity contribution >= 4 is 7.37 Å². The summed E-state index contributed by atoms with van der Waals surface area (Å²) < 4.78 is 12.3. The van der Waals surface area contributed by atoms with Crippen LogP contribution in [0.25, 0.3) is 0 Å². The maximum Gasteiger partial charge on any atom is 0.0721 e. The lowest BCUT2D eigenvalue weighted by Gasteiger charge is -2.32. The summed E-state index contributed by atoms with van der Waals surface area (Å²) in [6, 6.07) is 10.0. The molecule has 1 aliphatic carbocycles. The Bertz CT molecular complexity index is 502. The number of benzene rings is 1. The monoisotopic (exact) mass is 338 g/mol. The molecule has 0 aliphatic heterocycles. The van der Waals surface area contributed by atoms with Gasteiger partial charge >= 0.3 is 0 Å². The summed E-state index contributed by atoms with van der Waals surface area (Å²) in [4.78, 5) is 12.3. The number of hydrogen-bond acceptors (Lipinski definition) is 4. The summed E-state index contributed by atoms with van der Waals surface area (Å²) >= 11 is 0. The summed E-state index contributed by atoms with van der Waals surface area (Å²) in [7, 11) is -3.49. The molecule has 1 unspecified atom stereocenters. The molecule has 0 bridgehead atoms. The fourth-order valence-electron chi connectivity index (χ4n) is 3.40. The van der Waals surface area contributed by atoms with E-state index >= 15 is 0 Å². The van der Waals surface area contributed by atoms with Gasteiger partial charge in [-0.3, -0.25) is 0 Å². The Hall–Kier alpha value is -0.670. The molecule has 0 amide bonds. The van der Waals surface area contributed by atoms with Crippen LogP contribution in [-0.4, -0.2) is 30.1 Å². The van der Waals surface area contributed by atoms with Crippen molar-refractivity contribution in [3.8, 4) is 0 Å². The van der Waals surface area contributed by atoms with Crippen molar-refractivity contribution in [3.63, 3.8) is 0 Å². The Morgan fingerprint density at radius 2 is 1.91 bits per heavy atom. The van der Waals surface area contributed by atoms with Gasteiger partial charge < -0.3 is 19.9 Å². The van der Waals surface area contributed by atoms with Gasteiger partial charge in [0.25, 0.3) is 0 Å². The second kappa shape index (κ2) is 8.98. The molecule has 23 heavy (non-hydrogen) atoms. The summed E-state index contributed by atoms with van der Waals surface area (Å²) in [6.07, 6.45) is 4.86. The minimum atomic E-state index is -3.49. The predicted molar refractivity (Wildman–Crippen MR) is 92.8 cm³/mol. The van der Waals surface area contributed by atoms with Crippen molar-refractivity contribution in [2.45, 2.75) is 51.2 Å². The summed E-state index contributed by atoms with van der Waals surface area (Å²) in [5.41, 5.74) is 1.13. The maximum absolute atomic E-state index is 12.3. The molecule has 3 atom stereocenters. The molecule has 5 heteroatoms. The van der Waals surface area contributed by atoms with Gasteiger partial charge in [0.2, 0.25) is 0 Å². The lowest BCUT2D eigenvalue weighted by molar-refractivity contribution is -0.176. The normalized spacial score (nSPS) is 21.5. The first kappa shape index (κ1) is 18.7. The van der Waals surface area contributed by atoms with Crippen molar-refractivity contribution in [2.75, 3.05) is 18.9 Å². The van der Waals surface area contributed by atoms with Crippen molar-refractivity contribution in [1.29, 1.82) is 0 Å². The van der Waals surface area contributed by atoms with Crippen LogP contribution in [0.1, 0.15) is 50.6 Å². The van der Waals surface area contributed by atoms with Crippen LogP contribution in [0.15, 0.2) is 30.3 Å². The van der Waals surface area contributed by atoms with Gasteiger partial charge in [0.05, 0.1) is 6.10 Å². The molecular formula is C18H29NO3P-. The van der Waals surface area contributed by atoms with E-state index in [4.69, 9.17) is 0 Å². The number of hydrogen-bond donors (Lipinski definition) is 2. The molecule has 4 nitrogen and oxygen atoms in total. The van der Waals surface area contributed by atoms with Gasteiger partial charge in [-0.15, -0.1) is 0 Å². The van der Waals surface area contributed by atoms with Gasteiger partial charge in [-0.1, -0.05) is 62.4 Å². The standard InChI is InChI=1S/C18H30NO3P/c1-15(17-10-6-3-7-11-17)19-12-18(20)14-23(21,22)13-16-8-4-2-5-9-16/h3,6-7,10-11,15-16,18-20H,2,4-5,8-9,12-14H2,1H3,(H,21,22)/p-1/t15-,18-/m0/s1. The Labute approximate surface area is 139 Å². The topological polar surface area (TPSA) is 72.4 Å². The Balaban J connectivity index is 1.74. The highest BCUT2D eigenvalue weighted by molar-refractivity contribution is 7.56. The predicted octanol–water partition coefficient (Wildman–Crippen LogP) is 2.92. The number of nitrogens with one attached hydrogen (secondary N) is 1. The lowest BCUT2D eigenvalue weighted by atomic mass is 9.91. The molecule has 1 aliphatic rings. The van der Waals surface area contributed by atoms with E-state index in [0.717, 1.165) is 31.2 Å². The van der Waals surface area contributed by atoms with Crippen LogP contribution >= 0.6 is 7.37 Å². The number of aliphatic hydroxyl groups excluding tert-OH is 1. The maximum atomic E-state index is 12.3. The quantitative estimate of drug-likeness (QED) is 0.715. The van der Waals surface area contributed by atoms with Crippen LogP contribution in [0.3, 0.4) is 0 Å². The third-order valence-electron chi connectivity index (χ3n) is 4.71. The highest BCUT2D eigenvalue weighted by Gasteiger charge is 2.22. The van der Waals surface area contributed by atoms with Crippen LogP contribution in [0.4, 0.5) is 0 Å². The number of aliphatic hydroxyl groups is 1. The smallest absolute Gasteiger partial charge is 0.0721 e. The molecular weight excluding hydrogens is 309 g/mol. The zero-order valence-electron chi connectivity index (χ0n) is 14.0. The molecule has 1 aromatic rings. The van der Waals surface area contributed by atoms with Crippen LogP contribution in [-0.2, 0) is 4.57 Å². The molecule has 0 aromatic heterocycles. The van der Waals surface area contributed by atoms with Gasteiger partial charge in [-0.25, -0.2) is 0 Å². The average molecular weight is 338 g/mol. The van der Waals surface area contributed by atoms with Crippen LogP contribution in [0.5, 0.6) is 0 Å². The molecule has 2 rings (SSSR count). The van der Waals surface area contributed by atoms with E-state index in [1.54, 1.807) is 0 Å². The van der Waals surface area contributed by atoms with E-state index in [2.05, 4.69) is 5.32 Å². The third-order valence-corrected chi connectivity index (χ3v) is 6.76. The van der Waals surface area contributed by atoms with Gasteiger partial charge in [-0.05, 0) is 24.6 Å². The first-order valence-corrected chi connectivity index (χ1v) is 10.7. The summed E-state index contributed by atoms with van der Waals surface area (Å²) in [5.74, 6) is 0.301. The SMILES string of the molecule is C[C@H](NC[C@H](O)CP(=O)([O-])CC1CCCCC1)c1ccccc1. The largest absolute Gasteiger partial charge is 0.799 e. The zero-order valence-corrected chi connectivity index (χ0v) is 14.9. The molecule has 0 radical (unpaired) electrons. The van der Waals surface area contributed by atoms with E-state index in [1.807, 2.05) is 37.3 Å². The molecule has 1 saturated carbocycles. The second-order valence-corrected chi connectivity index (χ2v) is 9.24. The van der Waals surface area contributed by atoms with Crippen molar-refractivity contribution in [1.82, 2.24) is 5.32 Å². The zero-order chi connectivity index (χ0) is 16.7. The Morgan fingerprint density at radius 1 is 1.26 bits per heavy atom. The van der Waals surface area contributed by atoms with Crippen molar-refractivity contribution in [3.05, 3.63) is 35.9 Å². The van der Waals surface area contributed by atoms with E-state index in [1.165, 1.54) is 6.42 Å². The molecule has 130 valence electrons. The minimum Gasteiger partial charge on any atom is -0.799 e. The van der Waals surface area contributed by atoms with E-state index in [9.17, 15) is 14.6 Å². The third kappa shape index (κ3) is 6.76.